The van der Waals surface area contributed by atoms with Crippen LogP contribution in [0.4, 0.5) is 5.69 Å². The molecule has 2 rings (SSSR count). The second-order valence-corrected chi connectivity index (χ2v) is 6.10. The SMILES string of the molecule is Cc1c(N)cccc1S(=O)(=O)NC1CC(O)C1. The summed E-state index contributed by atoms with van der Waals surface area (Å²) in [5, 5.41) is 9.13. The maximum absolute atomic E-state index is 12.1. The first-order valence-electron chi connectivity index (χ1n) is 5.45. The maximum Gasteiger partial charge on any atom is 0.241 e. The first kappa shape index (κ1) is 12.3. The summed E-state index contributed by atoms with van der Waals surface area (Å²) in [6.07, 6.45) is 0.561. The Morgan fingerprint density at radius 3 is 2.65 bits per heavy atom. The summed E-state index contributed by atoms with van der Waals surface area (Å²) in [5.74, 6) is 0. The van der Waals surface area contributed by atoms with Crippen molar-refractivity contribution >= 4 is 15.7 Å². The van der Waals surface area contributed by atoms with Crippen LogP contribution in [0.1, 0.15) is 18.4 Å². The average Bonchev–Trinajstić information content (AvgIpc) is 2.19. The molecule has 0 atom stereocenters. The van der Waals surface area contributed by atoms with Crippen molar-refractivity contribution in [3.8, 4) is 0 Å². The van der Waals surface area contributed by atoms with Gasteiger partial charge in [-0.25, -0.2) is 13.1 Å². The van der Waals surface area contributed by atoms with E-state index in [0.717, 1.165) is 0 Å². The highest BCUT2D eigenvalue weighted by molar-refractivity contribution is 7.89. The largest absolute Gasteiger partial charge is 0.398 e. The Balaban J connectivity index is 2.23. The standard InChI is InChI=1S/C11H16N2O3S/c1-7-10(12)3-2-4-11(7)17(15,16)13-8-5-9(14)6-8/h2-4,8-9,13-14H,5-6,12H2,1H3. The van der Waals surface area contributed by atoms with Gasteiger partial charge in [0.2, 0.25) is 10.0 Å². The van der Waals surface area contributed by atoms with Crippen LogP contribution >= 0.6 is 0 Å². The number of anilines is 1. The van der Waals surface area contributed by atoms with E-state index < -0.39 is 10.0 Å². The van der Waals surface area contributed by atoms with Gasteiger partial charge in [-0.1, -0.05) is 6.07 Å². The quantitative estimate of drug-likeness (QED) is 0.682. The lowest BCUT2D eigenvalue weighted by Crippen LogP contribution is -2.46. The minimum Gasteiger partial charge on any atom is -0.398 e. The van der Waals surface area contributed by atoms with E-state index in [9.17, 15) is 8.42 Å². The fraction of sp³-hybridized carbons (Fsp3) is 0.455. The van der Waals surface area contributed by atoms with E-state index in [0.29, 0.717) is 24.1 Å². The minimum atomic E-state index is -3.54. The fourth-order valence-corrected chi connectivity index (χ4v) is 3.43. The minimum absolute atomic E-state index is 0.171. The molecular weight excluding hydrogens is 240 g/mol. The molecule has 0 aromatic heterocycles. The summed E-state index contributed by atoms with van der Waals surface area (Å²) in [5.41, 5.74) is 6.70. The highest BCUT2D eigenvalue weighted by Crippen LogP contribution is 2.24. The van der Waals surface area contributed by atoms with Gasteiger partial charge in [-0.2, -0.15) is 0 Å². The smallest absolute Gasteiger partial charge is 0.241 e. The monoisotopic (exact) mass is 256 g/mol. The molecule has 1 aliphatic rings. The fourth-order valence-electron chi connectivity index (χ4n) is 1.89. The number of sulfonamides is 1. The molecule has 0 radical (unpaired) electrons. The van der Waals surface area contributed by atoms with Crippen LogP contribution in [0.2, 0.25) is 0 Å². The first-order valence-corrected chi connectivity index (χ1v) is 6.94. The number of hydrogen-bond donors (Lipinski definition) is 3. The Bertz CT molecular complexity index is 522. The molecule has 1 fully saturated rings. The number of hydrogen-bond acceptors (Lipinski definition) is 4. The molecule has 0 aliphatic heterocycles. The van der Waals surface area contributed by atoms with Gasteiger partial charge in [0.1, 0.15) is 0 Å². The summed E-state index contributed by atoms with van der Waals surface area (Å²) >= 11 is 0. The summed E-state index contributed by atoms with van der Waals surface area (Å²) < 4.78 is 26.7. The van der Waals surface area contributed by atoms with Crippen LogP contribution in [0.15, 0.2) is 23.1 Å². The van der Waals surface area contributed by atoms with Crippen molar-refractivity contribution in [1.82, 2.24) is 4.72 Å². The Morgan fingerprint density at radius 2 is 2.06 bits per heavy atom. The van der Waals surface area contributed by atoms with Crippen molar-refractivity contribution in [2.75, 3.05) is 5.73 Å². The highest BCUT2D eigenvalue weighted by Gasteiger charge is 2.31. The second kappa shape index (κ2) is 4.29. The van der Waals surface area contributed by atoms with Gasteiger partial charge in [-0.3, -0.25) is 0 Å². The van der Waals surface area contributed by atoms with E-state index in [1.165, 1.54) is 6.07 Å². The van der Waals surface area contributed by atoms with Gasteiger partial charge in [0.25, 0.3) is 0 Å². The Labute approximate surface area is 101 Å². The van der Waals surface area contributed by atoms with Crippen molar-refractivity contribution < 1.29 is 13.5 Å². The lowest BCUT2D eigenvalue weighted by atomic mass is 9.91. The van der Waals surface area contributed by atoms with E-state index in [1.54, 1.807) is 19.1 Å². The lowest BCUT2D eigenvalue weighted by Gasteiger charge is -2.31. The molecule has 0 heterocycles. The topological polar surface area (TPSA) is 92.4 Å². The molecule has 1 aliphatic carbocycles. The first-order chi connectivity index (χ1) is 7.90. The van der Waals surface area contributed by atoms with Crippen LogP contribution in [0.5, 0.6) is 0 Å². The molecule has 0 amide bonds. The van der Waals surface area contributed by atoms with E-state index in [2.05, 4.69) is 4.72 Å². The zero-order chi connectivity index (χ0) is 12.6. The molecular formula is C11H16N2O3S. The number of aliphatic hydroxyl groups excluding tert-OH is 1. The van der Waals surface area contributed by atoms with Gasteiger partial charge in [0.15, 0.2) is 0 Å². The van der Waals surface area contributed by atoms with Crippen molar-refractivity contribution in [2.24, 2.45) is 0 Å². The van der Waals surface area contributed by atoms with Gasteiger partial charge in [-0.05, 0) is 37.5 Å². The second-order valence-electron chi connectivity index (χ2n) is 4.41. The lowest BCUT2D eigenvalue weighted by molar-refractivity contribution is 0.0712. The summed E-state index contributed by atoms with van der Waals surface area (Å²) in [6.45, 7) is 1.68. The molecule has 1 saturated carbocycles. The number of nitrogens with one attached hydrogen (secondary N) is 1. The van der Waals surface area contributed by atoms with Crippen LogP contribution in [0, 0.1) is 6.92 Å². The highest BCUT2D eigenvalue weighted by atomic mass is 32.2. The van der Waals surface area contributed by atoms with Crippen LogP contribution < -0.4 is 10.5 Å². The van der Waals surface area contributed by atoms with E-state index in [1.807, 2.05) is 0 Å². The van der Waals surface area contributed by atoms with Crippen molar-refractivity contribution in [3.05, 3.63) is 23.8 Å². The summed E-state index contributed by atoms with van der Waals surface area (Å²) in [6, 6.07) is 4.65. The Morgan fingerprint density at radius 1 is 1.41 bits per heavy atom. The van der Waals surface area contributed by atoms with Gasteiger partial charge in [0, 0.05) is 11.7 Å². The van der Waals surface area contributed by atoms with Gasteiger partial charge in [0.05, 0.1) is 11.0 Å². The number of nitrogen functional groups attached to an aromatic ring is 1. The molecule has 0 unspecified atom stereocenters. The molecule has 4 N–H and O–H groups in total. The number of benzene rings is 1. The zero-order valence-corrected chi connectivity index (χ0v) is 10.4. The molecule has 1 aromatic carbocycles. The zero-order valence-electron chi connectivity index (χ0n) is 9.55. The van der Waals surface area contributed by atoms with E-state index >= 15 is 0 Å². The van der Waals surface area contributed by atoms with Gasteiger partial charge >= 0.3 is 0 Å². The molecule has 0 bridgehead atoms. The van der Waals surface area contributed by atoms with Crippen LogP contribution in [0.25, 0.3) is 0 Å². The van der Waals surface area contributed by atoms with E-state index in [-0.39, 0.29) is 17.0 Å². The summed E-state index contributed by atoms with van der Waals surface area (Å²) in [4.78, 5) is 0.207. The van der Waals surface area contributed by atoms with Crippen LogP contribution in [-0.2, 0) is 10.0 Å². The molecule has 6 heteroatoms. The summed E-state index contributed by atoms with van der Waals surface area (Å²) in [7, 11) is -3.54. The van der Waals surface area contributed by atoms with Crippen LogP contribution in [-0.4, -0.2) is 25.7 Å². The molecule has 0 spiro atoms. The third kappa shape index (κ3) is 2.43. The molecule has 17 heavy (non-hydrogen) atoms. The normalized spacial score (nSPS) is 24.4. The number of rotatable bonds is 3. The predicted molar refractivity (Wildman–Crippen MR) is 64.9 cm³/mol. The van der Waals surface area contributed by atoms with E-state index in [4.69, 9.17) is 10.8 Å². The van der Waals surface area contributed by atoms with Crippen molar-refractivity contribution in [3.63, 3.8) is 0 Å². The number of nitrogens with two attached hydrogens (primary N) is 1. The van der Waals surface area contributed by atoms with Crippen LogP contribution in [0.3, 0.4) is 0 Å². The van der Waals surface area contributed by atoms with Gasteiger partial charge < -0.3 is 10.8 Å². The molecule has 5 nitrogen and oxygen atoms in total. The van der Waals surface area contributed by atoms with Gasteiger partial charge in [-0.15, -0.1) is 0 Å². The van der Waals surface area contributed by atoms with Crippen molar-refractivity contribution in [1.29, 1.82) is 0 Å². The van der Waals surface area contributed by atoms with Crippen molar-refractivity contribution in [2.45, 2.75) is 36.8 Å². The molecule has 94 valence electrons. The molecule has 1 aromatic rings. The third-order valence-electron chi connectivity index (χ3n) is 3.05. The number of aliphatic hydroxyl groups is 1. The Hall–Kier alpha value is -1.11. The predicted octanol–water partition coefficient (Wildman–Crippen LogP) is 0.379. The average molecular weight is 256 g/mol. The Kier molecular flexibility index (Phi) is 3.11. The maximum atomic E-state index is 12.1. The molecule has 0 saturated heterocycles. The third-order valence-corrected chi connectivity index (χ3v) is 4.72.